The minimum atomic E-state index is -0.823. The van der Waals surface area contributed by atoms with Gasteiger partial charge in [0.05, 0.1) is 13.2 Å². The molecule has 0 fully saturated rings. The van der Waals surface area contributed by atoms with Crippen molar-refractivity contribution in [3.8, 4) is 0 Å². The SMILES string of the molecule is CCNc1c(F)cc(C(=O)N(CCO)CCOC)cc1F. The van der Waals surface area contributed by atoms with Gasteiger partial charge in [0.25, 0.3) is 5.91 Å². The minimum absolute atomic E-state index is 0.0698. The number of nitrogens with zero attached hydrogens (tertiary/aromatic N) is 1. The average molecular weight is 302 g/mol. The van der Waals surface area contributed by atoms with Crippen LogP contribution in [0.3, 0.4) is 0 Å². The fourth-order valence-electron chi connectivity index (χ4n) is 1.86. The molecule has 118 valence electrons. The highest BCUT2D eigenvalue weighted by Crippen LogP contribution is 2.21. The molecule has 1 rings (SSSR count). The first-order valence-corrected chi connectivity index (χ1v) is 6.67. The summed E-state index contributed by atoms with van der Waals surface area (Å²) < 4.78 is 32.5. The first-order valence-electron chi connectivity index (χ1n) is 6.67. The van der Waals surface area contributed by atoms with E-state index in [0.717, 1.165) is 12.1 Å². The number of carbonyl (C=O) groups is 1. The third-order valence-corrected chi connectivity index (χ3v) is 2.87. The highest BCUT2D eigenvalue weighted by atomic mass is 19.1. The molecule has 2 N–H and O–H groups in total. The van der Waals surface area contributed by atoms with Gasteiger partial charge in [-0.1, -0.05) is 0 Å². The van der Waals surface area contributed by atoms with Crippen LogP contribution in [0.2, 0.25) is 0 Å². The molecule has 0 aliphatic carbocycles. The maximum atomic E-state index is 13.8. The number of hydrogen-bond acceptors (Lipinski definition) is 4. The van der Waals surface area contributed by atoms with Gasteiger partial charge in [-0.05, 0) is 19.1 Å². The second-order valence-electron chi connectivity index (χ2n) is 4.35. The maximum absolute atomic E-state index is 13.8. The van der Waals surface area contributed by atoms with Gasteiger partial charge in [-0.2, -0.15) is 0 Å². The zero-order chi connectivity index (χ0) is 15.8. The molecule has 0 atom stereocenters. The lowest BCUT2D eigenvalue weighted by Crippen LogP contribution is -2.36. The number of nitrogens with one attached hydrogen (secondary N) is 1. The molecule has 0 aliphatic heterocycles. The van der Waals surface area contributed by atoms with Crippen LogP contribution in [0.4, 0.5) is 14.5 Å². The van der Waals surface area contributed by atoms with Gasteiger partial charge >= 0.3 is 0 Å². The van der Waals surface area contributed by atoms with Crippen LogP contribution in [0.15, 0.2) is 12.1 Å². The molecular weight excluding hydrogens is 282 g/mol. The number of aliphatic hydroxyl groups is 1. The molecule has 5 nitrogen and oxygen atoms in total. The number of amides is 1. The van der Waals surface area contributed by atoms with E-state index < -0.39 is 17.5 Å². The van der Waals surface area contributed by atoms with Crippen molar-refractivity contribution in [3.63, 3.8) is 0 Å². The third-order valence-electron chi connectivity index (χ3n) is 2.87. The molecule has 7 heteroatoms. The molecule has 0 bridgehead atoms. The summed E-state index contributed by atoms with van der Waals surface area (Å²) in [6.07, 6.45) is 0. The van der Waals surface area contributed by atoms with E-state index in [1.54, 1.807) is 6.92 Å². The van der Waals surface area contributed by atoms with Gasteiger partial charge in [0, 0.05) is 32.3 Å². The molecule has 0 aliphatic rings. The van der Waals surface area contributed by atoms with Gasteiger partial charge in [0.1, 0.15) is 17.3 Å². The zero-order valence-electron chi connectivity index (χ0n) is 12.2. The van der Waals surface area contributed by atoms with E-state index in [2.05, 4.69) is 5.32 Å². The number of rotatable bonds is 8. The molecule has 1 aromatic carbocycles. The van der Waals surface area contributed by atoms with E-state index in [9.17, 15) is 13.6 Å². The van der Waals surface area contributed by atoms with Gasteiger partial charge in [-0.3, -0.25) is 4.79 Å². The maximum Gasteiger partial charge on any atom is 0.254 e. The summed E-state index contributed by atoms with van der Waals surface area (Å²) in [5, 5.41) is 11.5. The molecule has 0 saturated heterocycles. The quantitative estimate of drug-likeness (QED) is 0.763. The third kappa shape index (κ3) is 4.64. The smallest absolute Gasteiger partial charge is 0.254 e. The van der Waals surface area contributed by atoms with Crippen molar-refractivity contribution in [1.29, 1.82) is 0 Å². The summed E-state index contributed by atoms with van der Waals surface area (Å²) >= 11 is 0. The average Bonchev–Trinajstić information content (AvgIpc) is 2.46. The Morgan fingerprint density at radius 1 is 1.33 bits per heavy atom. The van der Waals surface area contributed by atoms with Crippen molar-refractivity contribution in [3.05, 3.63) is 29.3 Å². The lowest BCUT2D eigenvalue weighted by molar-refractivity contribution is 0.0655. The second-order valence-corrected chi connectivity index (χ2v) is 4.35. The van der Waals surface area contributed by atoms with Crippen LogP contribution in [0, 0.1) is 11.6 Å². The summed E-state index contributed by atoms with van der Waals surface area (Å²) in [6.45, 7) is 2.41. The van der Waals surface area contributed by atoms with Crippen LogP contribution in [0.1, 0.15) is 17.3 Å². The topological polar surface area (TPSA) is 61.8 Å². The largest absolute Gasteiger partial charge is 0.395 e. The Hall–Kier alpha value is -1.73. The van der Waals surface area contributed by atoms with E-state index in [0.29, 0.717) is 6.54 Å². The van der Waals surface area contributed by atoms with E-state index in [4.69, 9.17) is 9.84 Å². The molecule has 0 saturated carbocycles. The predicted octanol–water partition coefficient (Wildman–Crippen LogP) is 1.48. The van der Waals surface area contributed by atoms with Crippen LogP contribution in [0.5, 0.6) is 0 Å². The standard InChI is InChI=1S/C14H20F2N2O3/c1-3-17-13-11(15)8-10(9-12(13)16)14(20)18(4-6-19)5-7-21-2/h8-9,17,19H,3-7H2,1-2H3. The Morgan fingerprint density at radius 2 is 1.95 bits per heavy atom. The summed E-state index contributed by atoms with van der Waals surface area (Å²) in [4.78, 5) is 13.5. The summed E-state index contributed by atoms with van der Waals surface area (Å²) in [5.74, 6) is -2.20. The number of anilines is 1. The van der Waals surface area contributed by atoms with Crippen LogP contribution >= 0.6 is 0 Å². The Balaban J connectivity index is 2.99. The zero-order valence-corrected chi connectivity index (χ0v) is 12.2. The number of ether oxygens (including phenoxy) is 1. The van der Waals surface area contributed by atoms with Gasteiger partial charge in [-0.15, -0.1) is 0 Å². The summed E-state index contributed by atoms with van der Waals surface area (Å²) in [5.41, 5.74) is -0.351. The molecule has 0 aromatic heterocycles. The predicted molar refractivity (Wildman–Crippen MR) is 75.4 cm³/mol. The Bertz CT molecular complexity index is 460. The summed E-state index contributed by atoms with van der Waals surface area (Å²) in [7, 11) is 1.48. The van der Waals surface area contributed by atoms with Gasteiger partial charge in [-0.25, -0.2) is 8.78 Å². The highest BCUT2D eigenvalue weighted by molar-refractivity contribution is 5.94. The van der Waals surface area contributed by atoms with Gasteiger partial charge in [0.15, 0.2) is 0 Å². The number of benzene rings is 1. The fourth-order valence-corrected chi connectivity index (χ4v) is 1.86. The van der Waals surface area contributed by atoms with Crippen molar-refractivity contribution >= 4 is 11.6 Å². The first-order chi connectivity index (χ1) is 10.0. The van der Waals surface area contributed by atoms with Crippen LogP contribution in [0.25, 0.3) is 0 Å². The van der Waals surface area contributed by atoms with Crippen molar-refractivity contribution in [2.45, 2.75) is 6.92 Å². The summed E-state index contributed by atoms with van der Waals surface area (Å²) in [6, 6.07) is 1.97. The normalized spacial score (nSPS) is 10.5. The number of methoxy groups -OCH3 is 1. The van der Waals surface area contributed by atoms with Crippen molar-refractivity contribution in [2.24, 2.45) is 0 Å². The number of aliphatic hydroxyl groups excluding tert-OH is 1. The molecule has 1 amide bonds. The van der Waals surface area contributed by atoms with E-state index in [1.165, 1.54) is 12.0 Å². The Kier molecular flexibility index (Phi) is 7.04. The first kappa shape index (κ1) is 17.3. The van der Waals surface area contributed by atoms with Crippen molar-refractivity contribution < 1.29 is 23.4 Å². The molecule has 0 heterocycles. The van der Waals surface area contributed by atoms with Crippen LogP contribution in [-0.4, -0.2) is 55.9 Å². The highest BCUT2D eigenvalue weighted by Gasteiger charge is 2.19. The van der Waals surface area contributed by atoms with E-state index in [-0.39, 0.29) is 37.6 Å². The van der Waals surface area contributed by atoms with Gasteiger partial charge < -0.3 is 20.1 Å². The second kappa shape index (κ2) is 8.53. The fraction of sp³-hybridized carbons (Fsp3) is 0.500. The van der Waals surface area contributed by atoms with E-state index >= 15 is 0 Å². The Labute approximate surface area is 122 Å². The number of hydrogen-bond donors (Lipinski definition) is 2. The van der Waals surface area contributed by atoms with Crippen molar-refractivity contribution in [2.75, 3.05) is 45.3 Å². The molecule has 0 radical (unpaired) electrons. The lowest BCUT2D eigenvalue weighted by Gasteiger charge is -2.21. The number of carbonyl (C=O) groups excluding carboxylic acids is 1. The van der Waals surface area contributed by atoms with Gasteiger partial charge in [0.2, 0.25) is 0 Å². The molecule has 0 unspecified atom stereocenters. The number of halogens is 2. The molecule has 21 heavy (non-hydrogen) atoms. The van der Waals surface area contributed by atoms with Crippen molar-refractivity contribution in [1.82, 2.24) is 4.90 Å². The Morgan fingerprint density at radius 3 is 2.43 bits per heavy atom. The lowest BCUT2D eigenvalue weighted by atomic mass is 10.1. The van der Waals surface area contributed by atoms with Crippen LogP contribution < -0.4 is 5.32 Å². The minimum Gasteiger partial charge on any atom is -0.395 e. The monoisotopic (exact) mass is 302 g/mol. The molecule has 0 spiro atoms. The van der Waals surface area contributed by atoms with Crippen LogP contribution in [-0.2, 0) is 4.74 Å². The molecular formula is C14H20F2N2O3. The molecule has 1 aromatic rings. The van der Waals surface area contributed by atoms with E-state index in [1.807, 2.05) is 0 Å².